The molecule has 0 radical (unpaired) electrons. The average Bonchev–Trinajstić information content (AvgIpc) is 2.40. The minimum atomic E-state index is -1.20. The summed E-state index contributed by atoms with van der Waals surface area (Å²) in [6.07, 6.45) is 0.480. The highest BCUT2D eigenvalue weighted by molar-refractivity contribution is 5.88. The van der Waals surface area contributed by atoms with Crippen LogP contribution in [0.1, 0.15) is 23.5 Å². The summed E-state index contributed by atoms with van der Waals surface area (Å²) in [5.74, 6) is -2.05. The number of hydrogen-bond acceptors (Lipinski definition) is 3. The molecule has 4 heteroatoms. The lowest BCUT2D eigenvalue weighted by Gasteiger charge is -2.16. The molecule has 0 aliphatic carbocycles. The van der Waals surface area contributed by atoms with Gasteiger partial charge < -0.3 is 15.2 Å². The molecular weight excluding hydrogens is 206 g/mol. The zero-order chi connectivity index (χ0) is 11.5. The summed E-state index contributed by atoms with van der Waals surface area (Å²) < 4.78 is 0. The number of fused-ring (bicyclic) bond motifs is 1. The van der Waals surface area contributed by atoms with Gasteiger partial charge in [-0.05, 0) is 17.5 Å². The maximum Gasteiger partial charge on any atom is 0.227 e. The van der Waals surface area contributed by atoms with Gasteiger partial charge in [-0.25, -0.2) is 0 Å². The standard InChI is InChI=1S/C12H13NO3/c14-11(15)7-10-9-4-2-1-3-8(9)5-6-13-12(10)16/h1-4,10H,5-7H2,(H,13,16)(H,14,15)/p-1. The zero-order valence-corrected chi connectivity index (χ0v) is 8.73. The van der Waals surface area contributed by atoms with Crippen molar-refractivity contribution in [1.82, 2.24) is 5.32 Å². The Bertz CT molecular complexity index is 428. The van der Waals surface area contributed by atoms with Gasteiger partial charge >= 0.3 is 0 Å². The summed E-state index contributed by atoms with van der Waals surface area (Å²) in [6, 6.07) is 7.45. The molecule has 0 saturated heterocycles. The Morgan fingerprint density at radius 2 is 2.19 bits per heavy atom. The molecule has 1 aromatic rings. The number of amides is 1. The molecule has 1 amide bonds. The van der Waals surface area contributed by atoms with Crippen molar-refractivity contribution >= 4 is 11.9 Å². The van der Waals surface area contributed by atoms with Gasteiger partial charge in [0, 0.05) is 18.9 Å². The number of carbonyl (C=O) groups is 2. The van der Waals surface area contributed by atoms with Crippen molar-refractivity contribution in [2.24, 2.45) is 0 Å². The number of carboxylic acid groups (broad SMARTS) is 1. The van der Waals surface area contributed by atoms with Gasteiger partial charge in [0.15, 0.2) is 0 Å². The molecule has 1 aliphatic rings. The van der Waals surface area contributed by atoms with E-state index >= 15 is 0 Å². The monoisotopic (exact) mass is 218 g/mol. The summed E-state index contributed by atoms with van der Waals surface area (Å²) in [5.41, 5.74) is 1.84. The van der Waals surface area contributed by atoms with E-state index in [0.29, 0.717) is 6.54 Å². The van der Waals surface area contributed by atoms with Crippen molar-refractivity contribution in [2.45, 2.75) is 18.8 Å². The van der Waals surface area contributed by atoms with E-state index in [2.05, 4.69) is 5.32 Å². The number of carbonyl (C=O) groups excluding carboxylic acids is 2. The number of carboxylic acids is 1. The second-order valence-electron chi connectivity index (χ2n) is 3.87. The van der Waals surface area contributed by atoms with Gasteiger partial charge in [-0.3, -0.25) is 4.79 Å². The molecule has 1 aromatic carbocycles. The highest BCUT2D eigenvalue weighted by atomic mass is 16.4. The Morgan fingerprint density at radius 1 is 1.44 bits per heavy atom. The third-order valence-electron chi connectivity index (χ3n) is 2.81. The molecule has 0 aromatic heterocycles. The van der Waals surface area contributed by atoms with Crippen LogP contribution in [0.4, 0.5) is 0 Å². The van der Waals surface area contributed by atoms with Crippen molar-refractivity contribution in [3.63, 3.8) is 0 Å². The van der Waals surface area contributed by atoms with E-state index in [4.69, 9.17) is 0 Å². The Kier molecular flexibility index (Phi) is 2.90. The van der Waals surface area contributed by atoms with Crippen LogP contribution in [-0.4, -0.2) is 18.4 Å². The third kappa shape index (κ3) is 2.05. The molecule has 0 spiro atoms. The van der Waals surface area contributed by atoms with Crippen molar-refractivity contribution in [2.75, 3.05) is 6.54 Å². The SMILES string of the molecule is O=C([O-])CC1C(=O)NCCc2ccccc21. The van der Waals surface area contributed by atoms with E-state index < -0.39 is 11.9 Å². The Labute approximate surface area is 93.3 Å². The van der Waals surface area contributed by atoms with Crippen LogP contribution >= 0.6 is 0 Å². The Balaban J connectivity index is 2.39. The van der Waals surface area contributed by atoms with Crippen molar-refractivity contribution in [3.05, 3.63) is 35.4 Å². The van der Waals surface area contributed by atoms with Gasteiger partial charge in [-0.15, -0.1) is 0 Å². The summed E-state index contributed by atoms with van der Waals surface area (Å²) >= 11 is 0. The van der Waals surface area contributed by atoms with Crippen LogP contribution in [0.2, 0.25) is 0 Å². The maximum atomic E-state index is 11.7. The predicted molar refractivity (Wildman–Crippen MR) is 55.5 cm³/mol. The summed E-state index contributed by atoms with van der Waals surface area (Å²) in [6.45, 7) is 0.555. The number of benzene rings is 1. The zero-order valence-electron chi connectivity index (χ0n) is 8.73. The maximum absolute atomic E-state index is 11.7. The number of rotatable bonds is 2. The molecule has 0 saturated carbocycles. The fourth-order valence-electron chi connectivity index (χ4n) is 2.06. The molecule has 2 rings (SSSR count). The molecule has 1 unspecified atom stereocenters. The van der Waals surface area contributed by atoms with Gasteiger partial charge in [0.05, 0.1) is 5.92 Å². The predicted octanol–water partition coefficient (Wildman–Crippen LogP) is -0.417. The van der Waals surface area contributed by atoms with E-state index in [1.54, 1.807) is 0 Å². The first-order valence-electron chi connectivity index (χ1n) is 5.24. The number of hydrogen-bond donors (Lipinski definition) is 1. The number of aliphatic carboxylic acids is 1. The second kappa shape index (κ2) is 4.35. The topological polar surface area (TPSA) is 69.2 Å². The Hall–Kier alpha value is -1.84. The minimum absolute atomic E-state index is 0.228. The first-order valence-corrected chi connectivity index (χ1v) is 5.24. The van der Waals surface area contributed by atoms with Crippen LogP contribution in [0, 0.1) is 0 Å². The number of nitrogens with one attached hydrogen (secondary N) is 1. The van der Waals surface area contributed by atoms with E-state index in [0.717, 1.165) is 17.5 Å². The molecular formula is C12H12NO3-. The normalized spacial score (nSPS) is 19.5. The van der Waals surface area contributed by atoms with E-state index in [1.807, 2.05) is 24.3 Å². The molecule has 84 valence electrons. The summed E-state index contributed by atoms with van der Waals surface area (Å²) in [5, 5.41) is 13.4. The largest absolute Gasteiger partial charge is 0.550 e. The fraction of sp³-hybridized carbons (Fsp3) is 0.333. The van der Waals surface area contributed by atoms with Crippen LogP contribution in [-0.2, 0) is 16.0 Å². The first-order chi connectivity index (χ1) is 7.68. The lowest BCUT2D eigenvalue weighted by atomic mass is 9.91. The second-order valence-corrected chi connectivity index (χ2v) is 3.87. The molecule has 4 nitrogen and oxygen atoms in total. The average molecular weight is 218 g/mol. The molecule has 1 heterocycles. The first kappa shape index (κ1) is 10.7. The van der Waals surface area contributed by atoms with Gasteiger partial charge in [-0.1, -0.05) is 24.3 Å². The van der Waals surface area contributed by atoms with Crippen LogP contribution < -0.4 is 10.4 Å². The minimum Gasteiger partial charge on any atom is -0.550 e. The van der Waals surface area contributed by atoms with E-state index in [-0.39, 0.29) is 12.3 Å². The van der Waals surface area contributed by atoms with Gasteiger partial charge in [0.2, 0.25) is 5.91 Å². The molecule has 0 fully saturated rings. The molecule has 0 bridgehead atoms. The quantitative estimate of drug-likeness (QED) is 0.733. The van der Waals surface area contributed by atoms with Crippen LogP contribution in [0.15, 0.2) is 24.3 Å². The van der Waals surface area contributed by atoms with Crippen molar-refractivity contribution in [1.29, 1.82) is 0 Å². The van der Waals surface area contributed by atoms with Crippen molar-refractivity contribution < 1.29 is 14.7 Å². The smallest absolute Gasteiger partial charge is 0.227 e. The fourth-order valence-corrected chi connectivity index (χ4v) is 2.06. The lowest BCUT2D eigenvalue weighted by Crippen LogP contribution is -2.33. The Morgan fingerprint density at radius 3 is 2.94 bits per heavy atom. The molecule has 16 heavy (non-hydrogen) atoms. The van der Waals surface area contributed by atoms with Crippen LogP contribution in [0.3, 0.4) is 0 Å². The van der Waals surface area contributed by atoms with Crippen LogP contribution in [0.5, 0.6) is 0 Å². The highest BCUT2D eigenvalue weighted by Crippen LogP contribution is 2.25. The van der Waals surface area contributed by atoms with Gasteiger partial charge in [0.1, 0.15) is 0 Å². The van der Waals surface area contributed by atoms with E-state index in [1.165, 1.54) is 0 Å². The van der Waals surface area contributed by atoms with Gasteiger partial charge in [0.25, 0.3) is 0 Å². The third-order valence-corrected chi connectivity index (χ3v) is 2.81. The lowest BCUT2D eigenvalue weighted by molar-refractivity contribution is -0.306. The highest BCUT2D eigenvalue weighted by Gasteiger charge is 2.25. The molecule has 1 atom stereocenters. The van der Waals surface area contributed by atoms with Crippen molar-refractivity contribution in [3.8, 4) is 0 Å². The molecule has 1 aliphatic heterocycles. The van der Waals surface area contributed by atoms with E-state index in [9.17, 15) is 14.7 Å². The van der Waals surface area contributed by atoms with Gasteiger partial charge in [-0.2, -0.15) is 0 Å². The summed E-state index contributed by atoms with van der Waals surface area (Å²) in [4.78, 5) is 22.4. The summed E-state index contributed by atoms with van der Waals surface area (Å²) in [7, 11) is 0. The van der Waals surface area contributed by atoms with Crippen LogP contribution in [0.25, 0.3) is 0 Å². The molecule has 1 N–H and O–H groups in total.